The van der Waals surface area contributed by atoms with Crippen molar-refractivity contribution in [3.63, 3.8) is 0 Å². The number of amides is 1. The van der Waals surface area contributed by atoms with Crippen LogP contribution in [-0.2, 0) is 4.74 Å². The molecule has 2 aromatic rings. The molecule has 1 saturated heterocycles. The van der Waals surface area contributed by atoms with Gasteiger partial charge < -0.3 is 9.64 Å². The van der Waals surface area contributed by atoms with E-state index in [-0.39, 0.29) is 34.4 Å². The third-order valence-electron chi connectivity index (χ3n) is 3.80. The lowest BCUT2D eigenvalue weighted by Crippen LogP contribution is -2.42. The Hall–Kier alpha value is -1.51. The molecule has 8 heteroatoms. The Labute approximate surface area is 156 Å². The van der Waals surface area contributed by atoms with Gasteiger partial charge in [-0.2, -0.15) is 8.78 Å². The Morgan fingerprint density at radius 3 is 2.80 bits per heavy atom. The lowest BCUT2D eigenvalue weighted by molar-refractivity contribution is -0.0229. The van der Waals surface area contributed by atoms with Crippen molar-refractivity contribution < 1.29 is 18.3 Å². The average molecular weight is 429 g/mol. The molecule has 1 aromatic heterocycles. The highest BCUT2D eigenvalue weighted by Crippen LogP contribution is 2.29. The maximum Gasteiger partial charge on any atom is 0.290 e. The molecule has 0 N–H and O–H groups in total. The largest absolute Gasteiger partial charge is 0.370 e. The van der Waals surface area contributed by atoms with Crippen LogP contribution in [0.15, 0.2) is 52.1 Å². The zero-order valence-electron chi connectivity index (χ0n) is 13.1. The Balaban J connectivity index is 1.77. The molecule has 132 valence electrons. The van der Waals surface area contributed by atoms with E-state index < -0.39 is 5.76 Å². The second-order valence-corrected chi connectivity index (χ2v) is 7.29. The number of thioether (sulfide) groups is 1. The second-order valence-electron chi connectivity index (χ2n) is 5.40. The maximum atomic E-state index is 12.8. The summed E-state index contributed by atoms with van der Waals surface area (Å²) in [4.78, 5) is 18.3. The number of rotatable bonds is 4. The molecule has 0 spiro atoms. The summed E-state index contributed by atoms with van der Waals surface area (Å²) in [5.41, 5.74) is 1.17. The van der Waals surface area contributed by atoms with E-state index in [0.717, 1.165) is 10.0 Å². The van der Waals surface area contributed by atoms with Gasteiger partial charge in [0.05, 0.1) is 18.7 Å². The molecule has 1 atom stereocenters. The number of pyridine rings is 1. The van der Waals surface area contributed by atoms with Crippen LogP contribution >= 0.6 is 27.7 Å². The molecule has 0 radical (unpaired) electrons. The van der Waals surface area contributed by atoms with E-state index in [2.05, 4.69) is 20.9 Å². The Bertz CT molecular complexity index is 746. The minimum Gasteiger partial charge on any atom is -0.370 e. The van der Waals surface area contributed by atoms with Gasteiger partial charge in [-0.3, -0.25) is 4.79 Å². The molecule has 1 aromatic carbocycles. The van der Waals surface area contributed by atoms with Crippen LogP contribution in [0.25, 0.3) is 0 Å². The zero-order chi connectivity index (χ0) is 17.8. The molecule has 0 saturated carbocycles. The van der Waals surface area contributed by atoms with Gasteiger partial charge >= 0.3 is 0 Å². The molecule has 1 aliphatic rings. The molecule has 1 unspecified atom stereocenters. The minimum atomic E-state index is -2.62. The van der Waals surface area contributed by atoms with E-state index in [0.29, 0.717) is 19.7 Å². The number of carbonyl (C=O) groups is 1. The smallest absolute Gasteiger partial charge is 0.290 e. The van der Waals surface area contributed by atoms with Gasteiger partial charge in [0.1, 0.15) is 11.1 Å². The Morgan fingerprint density at radius 1 is 1.32 bits per heavy atom. The van der Waals surface area contributed by atoms with Crippen LogP contribution in [-0.4, -0.2) is 41.2 Å². The van der Waals surface area contributed by atoms with Crippen molar-refractivity contribution in [3.8, 4) is 0 Å². The maximum absolute atomic E-state index is 12.8. The summed E-state index contributed by atoms with van der Waals surface area (Å²) in [6.07, 6.45) is 1.17. The molecule has 1 amide bonds. The van der Waals surface area contributed by atoms with Crippen LogP contribution in [0.3, 0.4) is 0 Å². The summed E-state index contributed by atoms with van der Waals surface area (Å²) in [7, 11) is 0. The minimum absolute atomic E-state index is 0.0502. The van der Waals surface area contributed by atoms with E-state index in [1.165, 1.54) is 12.3 Å². The fraction of sp³-hybridized carbons (Fsp3) is 0.294. The lowest BCUT2D eigenvalue weighted by Gasteiger charge is -2.33. The number of aromatic nitrogens is 1. The van der Waals surface area contributed by atoms with Gasteiger partial charge in [0.2, 0.25) is 0 Å². The molecule has 0 bridgehead atoms. The normalized spacial score (nSPS) is 17.8. The summed E-state index contributed by atoms with van der Waals surface area (Å²) in [5, 5.41) is 0.0502. The predicted molar refractivity (Wildman–Crippen MR) is 94.8 cm³/mol. The van der Waals surface area contributed by atoms with Crippen molar-refractivity contribution in [1.82, 2.24) is 9.88 Å². The molecule has 4 nitrogen and oxygen atoms in total. The van der Waals surface area contributed by atoms with Crippen molar-refractivity contribution in [3.05, 3.63) is 58.2 Å². The quantitative estimate of drug-likeness (QED) is 0.677. The first-order valence-electron chi connectivity index (χ1n) is 7.61. The summed E-state index contributed by atoms with van der Waals surface area (Å²) in [5.74, 6) is -2.93. The first-order chi connectivity index (χ1) is 12.0. The number of morpholine rings is 1. The number of carbonyl (C=O) groups excluding carboxylic acids is 1. The predicted octanol–water partition coefficient (Wildman–Crippen LogP) is 4.37. The zero-order valence-corrected chi connectivity index (χ0v) is 15.5. The van der Waals surface area contributed by atoms with Gasteiger partial charge in [-0.15, -0.1) is 0 Å². The van der Waals surface area contributed by atoms with Crippen LogP contribution in [0.1, 0.15) is 22.0 Å². The Morgan fingerprint density at radius 2 is 2.08 bits per heavy atom. The molecule has 3 rings (SSSR count). The van der Waals surface area contributed by atoms with Crippen molar-refractivity contribution >= 4 is 33.6 Å². The van der Waals surface area contributed by atoms with Crippen LogP contribution in [0.2, 0.25) is 0 Å². The topological polar surface area (TPSA) is 42.4 Å². The van der Waals surface area contributed by atoms with Crippen LogP contribution < -0.4 is 0 Å². The van der Waals surface area contributed by atoms with Crippen molar-refractivity contribution in [2.45, 2.75) is 16.9 Å². The first kappa shape index (κ1) is 18.3. The third kappa shape index (κ3) is 4.56. The molecule has 0 aliphatic carbocycles. The van der Waals surface area contributed by atoms with Crippen LogP contribution in [0.5, 0.6) is 0 Å². The monoisotopic (exact) mass is 428 g/mol. The fourth-order valence-electron chi connectivity index (χ4n) is 2.62. The van der Waals surface area contributed by atoms with E-state index in [9.17, 15) is 13.6 Å². The van der Waals surface area contributed by atoms with E-state index in [4.69, 9.17) is 4.74 Å². The molecular weight excluding hydrogens is 414 g/mol. The van der Waals surface area contributed by atoms with Crippen molar-refractivity contribution in [2.75, 3.05) is 19.7 Å². The fourth-order valence-corrected chi connectivity index (χ4v) is 3.45. The number of ether oxygens (including phenoxy) is 1. The molecule has 1 fully saturated rings. The molecule has 2 heterocycles. The number of hydrogen-bond donors (Lipinski definition) is 0. The molecule has 25 heavy (non-hydrogen) atoms. The highest BCUT2D eigenvalue weighted by molar-refractivity contribution is 9.10. The average Bonchev–Trinajstić information content (AvgIpc) is 2.62. The summed E-state index contributed by atoms with van der Waals surface area (Å²) in [6.45, 7) is 1.18. The van der Waals surface area contributed by atoms with Gasteiger partial charge in [-0.05, 0) is 41.6 Å². The van der Waals surface area contributed by atoms with Crippen molar-refractivity contribution in [1.29, 1.82) is 0 Å². The number of halogens is 3. The summed E-state index contributed by atoms with van der Waals surface area (Å²) >= 11 is 3.67. The van der Waals surface area contributed by atoms with Gasteiger partial charge in [0.25, 0.3) is 11.7 Å². The number of nitrogens with zero attached hydrogens (tertiary/aromatic N) is 2. The van der Waals surface area contributed by atoms with E-state index >= 15 is 0 Å². The SMILES string of the molecule is O=C(c1cccnc1SC(F)F)N1CCOC(c2ccc(Br)cc2)C1. The molecule has 1 aliphatic heterocycles. The standard InChI is InChI=1S/C17H15BrF2N2O2S/c18-12-5-3-11(4-6-12)14-10-22(8-9-24-14)16(23)13-2-1-7-21-15(13)25-17(19)20/h1-7,14,17H,8-10H2. The summed E-state index contributed by atoms with van der Waals surface area (Å²) in [6, 6.07) is 10.8. The van der Waals surface area contributed by atoms with E-state index in [1.807, 2.05) is 24.3 Å². The number of hydrogen-bond acceptors (Lipinski definition) is 4. The third-order valence-corrected chi connectivity index (χ3v) is 5.05. The Kier molecular flexibility index (Phi) is 6.03. The van der Waals surface area contributed by atoms with Gasteiger partial charge in [0, 0.05) is 17.2 Å². The van der Waals surface area contributed by atoms with Gasteiger partial charge in [0.15, 0.2) is 0 Å². The van der Waals surface area contributed by atoms with Crippen LogP contribution in [0, 0.1) is 0 Å². The first-order valence-corrected chi connectivity index (χ1v) is 9.28. The highest BCUT2D eigenvalue weighted by atomic mass is 79.9. The van der Waals surface area contributed by atoms with Gasteiger partial charge in [-0.1, -0.05) is 28.1 Å². The van der Waals surface area contributed by atoms with E-state index in [1.54, 1.807) is 11.0 Å². The van der Waals surface area contributed by atoms with Gasteiger partial charge in [-0.25, -0.2) is 4.98 Å². The summed E-state index contributed by atoms with van der Waals surface area (Å²) < 4.78 is 32.1. The van der Waals surface area contributed by atoms with Crippen LogP contribution in [0.4, 0.5) is 8.78 Å². The number of alkyl halides is 2. The number of benzene rings is 1. The molecular formula is C17H15BrF2N2O2S. The lowest BCUT2D eigenvalue weighted by atomic mass is 10.1. The highest BCUT2D eigenvalue weighted by Gasteiger charge is 2.28. The second kappa shape index (κ2) is 8.25. The van der Waals surface area contributed by atoms with Crippen molar-refractivity contribution in [2.24, 2.45) is 0 Å².